The maximum absolute atomic E-state index is 13.9. The van der Waals surface area contributed by atoms with Gasteiger partial charge in [-0.15, -0.1) is 0 Å². The first-order valence-electron chi connectivity index (χ1n) is 11.3. The Hall–Kier alpha value is -3.69. The number of pyridine rings is 1. The van der Waals surface area contributed by atoms with Crippen molar-refractivity contribution in [3.05, 3.63) is 66.1 Å². The van der Waals surface area contributed by atoms with Gasteiger partial charge in [0.2, 0.25) is 5.88 Å². The van der Waals surface area contributed by atoms with E-state index in [1.165, 1.54) is 13.2 Å². The highest BCUT2D eigenvalue weighted by Crippen LogP contribution is 2.40. The fraction of sp³-hybridized carbons (Fsp3) is 0.360. The molecule has 1 amide bonds. The van der Waals surface area contributed by atoms with Crippen molar-refractivity contribution < 1.29 is 27.4 Å². The normalized spacial score (nSPS) is 21.6. The summed E-state index contributed by atoms with van der Waals surface area (Å²) < 4.78 is 50.2. The van der Waals surface area contributed by atoms with Crippen LogP contribution in [-0.4, -0.2) is 51.6 Å². The van der Waals surface area contributed by atoms with Gasteiger partial charge in [-0.25, -0.2) is 15.0 Å². The third-order valence-corrected chi connectivity index (χ3v) is 6.58. The van der Waals surface area contributed by atoms with Gasteiger partial charge in [-0.1, -0.05) is 12.1 Å². The number of hydrogen-bond donors (Lipinski definition) is 0. The maximum Gasteiger partial charge on any atom is 0.417 e. The number of ether oxygens (including phenoxy) is 2. The summed E-state index contributed by atoms with van der Waals surface area (Å²) in [6, 6.07) is 8.93. The van der Waals surface area contributed by atoms with Crippen LogP contribution in [0.2, 0.25) is 0 Å². The molecule has 1 saturated carbocycles. The molecule has 3 fully saturated rings. The Labute approximate surface area is 199 Å². The molecular weight excluding hydrogens is 461 g/mol. The van der Waals surface area contributed by atoms with Crippen molar-refractivity contribution in [2.24, 2.45) is 5.92 Å². The highest BCUT2D eigenvalue weighted by molar-refractivity contribution is 6.03. The zero-order valence-electron chi connectivity index (χ0n) is 18.9. The maximum atomic E-state index is 13.9. The largest absolute Gasteiger partial charge is 0.496 e. The van der Waals surface area contributed by atoms with Crippen LogP contribution >= 0.6 is 0 Å². The van der Waals surface area contributed by atoms with Gasteiger partial charge >= 0.3 is 6.18 Å². The average Bonchev–Trinajstić information content (AvgIpc) is 2.88. The monoisotopic (exact) mass is 484 g/mol. The second-order valence-electron chi connectivity index (χ2n) is 8.70. The van der Waals surface area contributed by atoms with Crippen molar-refractivity contribution in [2.75, 3.05) is 13.7 Å². The lowest BCUT2D eigenvalue weighted by molar-refractivity contribution is -0.137. The summed E-state index contributed by atoms with van der Waals surface area (Å²) in [7, 11) is 1.51. The topological polar surface area (TPSA) is 77.4 Å². The molecule has 0 spiro atoms. The van der Waals surface area contributed by atoms with E-state index in [-0.39, 0.29) is 29.9 Å². The van der Waals surface area contributed by atoms with Crippen molar-refractivity contribution in [1.82, 2.24) is 19.9 Å². The Morgan fingerprint density at radius 2 is 1.86 bits per heavy atom. The Morgan fingerprint density at radius 1 is 1.06 bits per heavy atom. The standard InChI is InChI=1S/C25H23F3N4O3/c1-34-19-5-2-4-17(23-29-10-3-11-30-23)22(19)24(33)32-14-15-6-8-18(32)20(12-15)35-21-9-7-16(13-31-21)25(26,27)28/h2-5,7,9-11,13,15,18,20H,6,8,12,14H2,1H3/t15-,18+,20-/m1/s1. The molecule has 1 aromatic carbocycles. The SMILES string of the molecule is COc1cccc(-c2ncccn2)c1C(=O)N1C[C@@H]2CC[C@H]1[C@H](Oc1ccc(C(F)(F)F)cn1)C2. The lowest BCUT2D eigenvalue weighted by Crippen LogP contribution is -2.59. The number of rotatable bonds is 5. The van der Waals surface area contributed by atoms with E-state index in [2.05, 4.69) is 15.0 Å². The van der Waals surface area contributed by atoms with E-state index in [1.54, 1.807) is 41.6 Å². The lowest BCUT2D eigenvalue weighted by atomic mass is 9.77. The number of hydrogen-bond acceptors (Lipinski definition) is 6. The van der Waals surface area contributed by atoms with Gasteiger partial charge in [0, 0.05) is 36.8 Å². The van der Waals surface area contributed by atoms with Gasteiger partial charge in [0.15, 0.2) is 5.82 Å². The first-order chi connectivity index (χ1) is 16.8. The van der Waals surface area contributed by atoms with Gasteiger partial charge in [0.05, 0.1) is 24.3 Å². The van der Waals surface area contributed by atoms with E-state index in [9.17, 15) is 18.0 Å². The summed E-state index contributed by atoms with van der Waals surface area (Å²) in [6.45, 7) is 0.566. The molecule has 35 heavy (non-hydrogen) atoms. The molecule has 0 unspecified atom stereocenters. The smallest absolute Gasteiger partial charge is 0.417 e. The number of fused-ring (bicyclic) bond motifs is 3. The molecule has 0 radical (unpaired) electrons. The second kappa shape index (κ2) is 9.16. The van der Waals surface area contributed by atoms with Gasteiger partial charge in [-0.3, -0.25) is 4.79 Å². The van der Waals surface area contributed by atoms with Crippen LogP contribution in [0.3, 0.4) is 0 Å². The summed E-state index contributed by atoms with van der Waals surface area (Å²) in [5, 5.41) is 0. The minimum Gasteiger partial charge on any atom is -0.496 e. The molecule has 2 bridgehead atoms. The van der Waals surface area contributed by atoms with E-state index in [0.717, 1.165) is 25.1 Å². The molecule has 2 saturated heterocycles. The highest BCUT2D eigenvalue weighted by Gasteiger charge is 2.45. The van der Waals surface area contributed by atoms with Gasteiger partial charge < -0.3 is 14.4 Å². The van der Waals surface area contributed by atoms with Crippen LogP contribution in [0.5, 0.6) is 11.6 Å². The molecule has 7 nitrogen and oxygen atoms in total. The molecule has 3 aliphatic rings. The van der Waals surface area contributed by atoms with Crippen LogP contribution in [-0.2, 0) is 6.18 Å². The fourth-order valence-corrected chi connectivity index (χ4v) is 4.95. The Morgan fingerprint density at radius 3 is 2.51 bits per heavy atom. The third kappa shape index (κ3) is 4.52. The summed E-state index contributed by atoms with van der Waals surface area (Å²) in [5.41, 5.74) is 0.108. The van der Waals surface area contributed by atoms with Crippen LogP contribution < -0.4 is 9.47 Å². The minimum atomic E-state index is -4.46. The molecule has 182 valence electrons. The molecule has 4 heterocycles. The number of carbonyl (C=O) groups is 1. The van der Waals surface area contributed by atoms with Crippen LogP contribution in [0.1, 0.15) is 35.2 Å². The zero-order valence-corrected chi connectivity index (χ0v) is 18.9. The lowest BCUT2D eigenvalue weighted by Gasteiger charge is -2.49. The number of methoxy groups -OCH3 is 1. The fourth-order valence-electron chi connectivity index (χ4n) is 4.95. The molecule has 10 heteroatoms. The van der Waals surface area contributed by atoms with Crippen molar-refractivity contribution >= 4 is 5.91 Å². The third-order valence-electron chi connectivity index (χ3n) is 6.58. The first kappa shape index (κ1) is 23.1. The van der Waals surface area contributed by atoms with Crippen molar-refractivity contribution in [3.8, 4) is 23.0 Å². The second-order valence-corrected chi connectivity index (χ2v) is 8.70. The van der Waals surface area contributed by atoms with Gasteiger partial charge in [0.1, 0.15) is 11.9 Å². The number of amides is 1. The molecule has 2 aliphatic heterocycles. The molecule has 3 aromatic rings. The Kier molecular flexibility index (Phi) is 6.04. The highest BCUT2D eigenvalue weighted by atomic mass is 19.4. The number of piperidine rings is 2. The summed E-state index contributed by atoms with van der Waals surface area (Å²) in [6.07, 6.45) is 1.54. The number of nitrogens with zero attached hydrogens (tertiary/aromatic N) is 4. The van der Waals surface area contributed by atoms with E-state index in [0.29, 0.717) is 35.7 Å². The quantitative estimate of drug-likeness (QED) is 0.525. The first-order valence-corrected chi connectivity index (χ1v) is 11.3. The number of carbonyl (C=O) groups excluding carboxylic acids is 1. The predicted octanol–water partition coefficient (Wildman–Crippen LogP) is 4.64. The van der Waals surface area contributed by atoms with Gasteiger partial charge in [-0.2, -0.15) is 13.2 Å². The van der Waals surface area contributed by atoms with Crippen LogP contribution in [0.4, 0.5) is 13.2 Å². The van der Waals surface area contributed by atoms with Crippen LogP contribution in [0, 0.1) is 5.92 Å². The molecule has 0 N–H and O–H groups in total. The molecule has 2 aromatic heterocycles. The molecular formula is C25H23F3N4O3. The van der Waals surface area contributed by atoms with Crippen molar-refractivity contribution in [3.63, 3.8) is 0 Å². The predicted molar refractivity (Wildman–Crippen MR) is 120 cm³/mol. The number of aromatic nitrogens is 3. The van der Waals surface area contributed by atoms with Crippen LogP contribution in [0.15, 0.2) is 55.0 Å². The van der Waals surface area contributed by atoms with Crippen molar-refractivity contribution in [2.45, 2.75) is 37.6 Å². The number of halogens is 3. The Balaban J connectivity index is 1.43. The van der Waals surface area contributed by atoms with E-state index in [1.807, 2.05) is 0 Å². The minimum absolute atomic E-state index is 0.110. The van der Waals surface area contributed by atoms with Gasteiger partial charge in [-0.05, 0) is 43.4 Å². The average molecular weight is 484 g/mol. The summed E-state index contributed by atoms with van der Waals surface area (Å²) in [4.78, 5) is 28.2. The molecule has 1 aliphatic carbocycles. The van der Waals surface area contributed by atoms with E-state index < -0.39 is 11.7 Å². The number of alkyl halides is 3. The Bertz CT molecular complexity index is 1200. The van der Waals surface area contributed by atoms with E-state index >= 15 is 0 Å². The number of benzene rings is 1. The summed E-state index contributed by atoms with van der Waals surface area (Å²) >= 11 is 0. The molecule has 3 atom stereocenters. The summed E-state index contributed by atoms with van der Waals surface area (Å²) in [5.74, 6) is 0.948. The molecule has 6 rings (SSSR count). The van der Waals surface area contributed by atoms with E-state index in [4.69, 9.17) is 9.47 Å². The van der Waals surface area contributed by atoms with Crippen molar-refractivity contribution in [1.29, 1.82) is 0 Å². The zero-order chi connectivity index (χ0) is 24.6. The van der Waals surface area contributed by atoms with Crippen LogP contribution in [0.25, 0.3) is 11.4 Å². The van der Waals surface area contributed by atoms with Gasteiger partial charge in [0.25, 0.3) is 5.91 Å².